The van der Waals surface area contributed by atoms with Crippen LogP contribution < -0.4 is 0 Å². The molecule has 0 unspecified atom stereocenters. The van der Waals surface area contributed by atoms with Crippen LogP contribution in [0.2, 0.25) is 5.02 Å². The van der Waals surface area contributed by atoms with Gasteiger partial charge in [-0.05, 0) is 19.1 Å². The number of carboxylic acid groups (broad SMARTS) is 1. The van der Waals surface area contributed by atoms with Crippen molar-refractivity contribution in [1.82, 2.24) is 9.78 Å². The van der Waals surface area contributed by atoms with Crippen molar-refractivity contribution in [2.45, 2.75) is 6.92 Å². The van der Waals surface area contributed by atoms with Crippen molar-refractivity contribution < 1.29 is 9.90 Å². The zero-order valence-corrected chi connectivity index (χ0v) is 9.04. The SMILES string of the molecule is Cc1c2cc(C(=O)O)cc(Cl)c2nn1C. The number of aromatic nitrogens is 2. The van der Waals surface area contributed by atoms with Crippen molar-refractivity contribution in [2.24, 2.45) is 7.05 Å². The molecule has 0 fully saturated rings. The number of carbonyl (C=O) groups is 1. The number of rotatable bonds is 1. The Hall–Kier alpha value is -1.55. The van der Waals surface area contributed by atoms with E-state index in [0.29, 0.717) is 10.5 Å². The Morgan fingerprint density at radius 3 is 2.80 bits per heavy atom. The number of fused-ring (bicyclic) bond motifs is 1. The molecular formula is C10H9ClN2O2. The number of aryl methyl sites for hydroxylation is 2. The normalized spacial score (nSPS) is 10.9. The number of hydrogen-bond donors (Lipinski definition) is 1. The molecule has 0 aliphatic carbocycles. The first-order valence-electron chi connectivity index (χ1n) is 4.37. The van der Waals surface area contributed by atoms with Crippen molar-refractivity contribution >= 4 is 28.5 Å². The summed E-state index contributed by atoms with van der Waals surface area (Å²) in [5.41, 5.74) is 1.72. The second-order valence-corrected chi connectivity index (χ2v) is 3.78. The summed E-state index contributed by atoms with van der Waals surface area (Å²) in [7, 11) is 1.80. The van der Waals surface area contributed by atoms with Gasteiger partial charge in [-0.1, -0.05) is 11.6 Å². The fourth-order valence-corrected chi connectivity index (χ4v) is 1.76. The molecule has 0 radical (unpaired) electrons. The summed E-state index contributed by atoms with van der Waals surface area (Å²) in [6.45, 7) is 1.87. The summed E-state index contributed by atoms with van der Waals surface area (Å²) in [5.74, 6) is -0.984. The lowest BCUT2D eigenvalue weighted by atomic mass is 10.1. The number of aromatic carboxylic acids is 1. The van der Waals surface area contributed by atoms with Gasteiger partial charge in [0.05, 0.1) is 10.6 Å². The molecule has 0 spiro atoms. The highest BCUT2D eigenvalue weighted by atomic mass is 35.5. The third-order valence-electron chi connectivity index (χ3n) is 2.44. The van der Waals surface area contributed by atoms with E-state index in [-0.39, 0.29) is 5.56 Å². The minimum atomic E-state index is -0.984. The quantitative estimate of drug-likeness (QED) is 0.808. The van der Waals surface area contributed by atoms with E-state index in [1.807, 2.05) is 6.92 Å². The Morgan fingerprint density at radius 1 is 1.53 bits per heavy atom. The molecule has 0 atom stereocenters. The van der Waals surface area contributed by atoms with E-state index >= 15 is 0 Å². The minimum absolute atomic E-state index is 0.184. The van der Waals surface area contributed by atoms with Gasteiger partial charge in [-0.15, -0.1) is 0 Å². The van der Waals surface area contributed by atoms with Crippen molar-refractivity contribution in [2.75, 3.05) is 0 Å². The molecule has 1 heterocycles. The van der Waals surface area contributed by atoms with Gasteiger partial charge in [0, 0.05) is 18.1 Å². The van der Waals surface area contributed by atoms with Crippen LogP contribution in [0.25, 0.3) is 10.9 Å². The highest BCUT2D eigenvalue weighted by Gasteiger charge is 2.12. The summed E-state index contributed by atoms with van der Waals surface area (Å²) in [5, 5.41) is 14.2. The average molecular weight is 225 g/mol. The highest BCUT2D eigenvalue weighted by molar-refractivity contribution is 6.35. The second-order valence-electron chi connectivity index (χ2n) is 3.37. The van der Waals surface area contributed by atoms with Crippen LogP contribution in [0.1, 0.15) is 16.1 Å². The number of nitrogens with zero attached hydrogens (tertiary/aromatic N) is 2. The molecule has 78 valence electrons. The summed E-state index contributed by atoms with van der Waals surface area (Å²) in [6.07, 6.45) is 0. The standard InChI is InChI=1S/C10H9ClN2O2/c1-5-7-3-6(10(14)15)4-8(11)9(7)12-13(5)2/h3-4H,1-2H3,(H,14,15). The Morgan fingerprint density at radius 2 is 2.20 bits per heavy atom. The summed E-state index contributed by atoms with van der Waals surface area (Å²) >= 11 is 5.95. The van der Waals surface area contributed by atoms with Crippen LogP contribution in [0.4, 0.5) is 0 Å². The van der Waals surface area contributed by atoms with Gasteiger partial charge >= 0.3 is 5.97 Å². The van der Waals surface area contributed by atoms with Crippen LogP contribution in [0.3, 0.4) is 0 Å². The fourth-order valence-electron chi connectivity index (χ4n) is 1.50. The Bertz CT molecular complexity index is 560. The summed E-state index contributed by atoms with van der Waals surface area (Å²) in [4.78, 5) is 10.8. The van der Waals surface area contributed by atoms with Crippen LogP contribution in [0, 0.1) is 6.92 Å². The molecule has 4 nitrogen and oxygen atoms in total. The summed E-state index contributed by atoms with van der Waals surface area (Å²) < 4.78 is 1.68. The van der Waals surface area contributed by atoms with Gasteiger partial charge in [-0.2, -0.15) is 5.10 Å². The molecule has 15 heavy (non-hydrogen) atoms. The lowest BCUT2D eigenvalue weighted by Gasteiger charge is -1.97. The van der Waals surface area contributed by atoms with Gasteiger partial charge < -0.3 is 5.11 Å². The molecule has 1 aromatic heterocycles. The van der Waals surface area contributed by atoms with E-state index in [1.54, 1.807) is 17.8 Å². The number of carboxylic acids is 1. The molecule has 0 saturated carbocycles. The van der Waals surface area contributed by atoms with Crippen LogP contribution in [0.15, 0.2) is 12.1 Å². The first-order chi connectivity index (χ1) is 7.00. The molecular weight excluding hydrogens is 216 g/mol. The van der Waals surface area contributed by atoms with Crippen LogP contribution >= 0.6 is 11.6 Å². The maximum atomic E-state index is 10.8. The molecule has 0 amide bonds. The topological polar surface area (TPSA) is 55.1 Å². The molecule has 2 aromatic rings. The molecule has 0 aliphatic heterocycles. The van der Waals surface area contributed by atoms with Crippen molar-refractivity contribution in [3.63, 3.8) is 0 Å². The van der Waals surface area contributed by atoms with Crippen molar-refractivity contribution in [3.05, 3.63) is 28.4 Å². The zero-order valence-electron chi connectivity index (χ0n) is 8.28. The maximum Gasteiger partial charge on any atom is 0.335 e. The van der Waals surface area contributed by atoms with Crippen LogP contribution in [-0.2, 0) is 7.05 Å². The fraction of sp³-hybridized carbons (Fsp3) is 0.200. The van der Waals surface area contributed by atoms with Gasteiger partial charge in [-0.25, -0.2) is 4.79 Å². The van der Waals surface area contributed by atoms with Gasteiger partial charge in [0.15, 0.2) is 0 Å². The largest absolute Gasteiger partial charge is 0.478 e. The number of benzene rings is 1. The van der Waals surface area contributed by atoms with Gasteiger partial charge in [0.1, 0.15) is 5.52 Å². The molecule has 0 saturated heterocycles. The summed E-state index contributed by atoms with van der Waals surface area (Å²) in [6, 6.07) is 3.00. The van der Waals surface area contributed by atoms with Gasteiger partial charge in [0.2, 0.25) is 0 Å². The van der Waals surface area contributed by atoms with E-state index in [2.05, 4.69) is 5.10 Å². The van der Waals surface area contributed by atoms with Crippen LogP contribution in [-0.4, -0.2) is 20.9 Å². The van der Waals surface area contributed by atoms with E-state index in [1.165, 1.54) is 6.07 Å². The molecule has 1 aromatic carbocycles. The smallest absolute Gasteiger partial charge is 0.335 e. The van der Waals surface area contributed by atoms with Gasteiger partial charge in [-0.3, -0.25) is 4.68 Å². The predicted octanol–water partition coefficient (Wildman–Crippen LogP) is 2.23. The first kappa shape index (κ1) is 9.98. The molecule has 0 aliphatic rings. The van der Waals surface area contributed by atoms with E-state index in [0.717, 1.165) is 11.1 Å². The van der Waals surface area contributed by atoms with Gasteiger partial charge in [0.25, 0.3) is 0 Å². The first-order valence-corrected chi connectivity index (χ1v) is 4.74. The lowest BCUT2D eigenvalue weighted by Crippen LogP contribution is -1.95. The average Bonchev–Trinajstić information content (AvgIpc) is 2.45. The number of hydrogen-bond acceptors (Lipinski definition) is 2. The van der Waals surface area contributed by atoms with E-state index in [4.69, 9.17) is 16.7 Å². The van der Waals surface area contributed by atoms with E-state index in [9.17, 15) is 4.79 Å². The van der Waals surface area contributed by atoms with E-state index < -0.39 is 5.97 Å². The minimum Gasteiger partial charge on any atom is -0.478 e. The molecule has 5 heteroatoms. The third-order valence-corrected chi connectivity index (χ3v) is 2.72. The molecule has 2 rings (SSSR count). The Labute approximate surface area is 91.1 Å². The Balaban J connectivity index is 2.85. The monoisotopic (exact) mass is 224 g/mol. The molecule has 1 N–H and O–H groups in total. The zero-order chi connectivity index (χ0) is 11.2. The van der Waals surface area contributed by atoms with Crippen LogP contribution in [0.5, 0.6) is 0 Å². The highest BCUT2D eigenvalue weighted by Crippen LogP contribution is 2.26. The Kier molecular flexibility index (Phi) is 2.16. The van der Waals surface area contributed by atoms with Crippen molar-refractivity contribution in [1.29, 1.82) is 0 Å². The second kappa shape index (κ2) is 3.24. The van der Waals surface area contributed by atoms with Crippen molar-refractivity contribution in [3.8, 4) is 0 Å². The lowest BCUT2D eigenvalue weighted by molar-refractivity contribution is 0.0697. The maximum absolute atomic E-state index is 10.8. The molecule has 0 bridgehead atoms. The predicted molar refractivity (Wildman–Crippen MR) is 57.4 cm³/mol. The number of halogens is 1. The third kappa shape index (κ3) is 1.47.